The van der Waals surface area contributed by atoms with Gasteiger partial charge in [-0.05, 0) is 37.1 Å². The van der Waals surface area contributed by atoms with Gasteiger partial charge in [0.25, 0.3) is 0 Å². The molecule has 2 aliphatic heterocycles. The molecule has 2 heterocycles. The van der Waals surface area contributed by atoms with Crippen LogP contribution in [0.5, 0.6) is 5.75 Å². The lowest BCUT2D eigenvalue weighted by atomic mass is 10.1. The number of anilines is 1. The molecule has 0 spiro atoms. The largest absolute Gasteiger partial charge is 0.486 e. The summed E-state index contributed by atoms with van der Waals surface area (Å²) in [6.07, 6.45) is 2.39. The van der Waals surface area contributed by atoms with E-state index in [2.05, 4.69) is 40.7 Å². The maximum Gasteiger partial charge on any atom is 0.142 e. The number of nitrogens with one attached hydrogen (secondary N) is 2. The summed E-state index contributed by atoms with van der Waals surface area (Å²) in [7, 11) is 0. The summed E-state index contributed by atoms with van der Waals surface area (Å²) in [5.74, 6) is 0.993. The molecule has 5 heteroatoms. The van der Waals surface area contributed by atoms with Crippen LogP contribution in [-0.2, 0) is 11.2 Å². The van der Waals surface area contributed by atoms with Gasteiger partial charge in [0.05, 0.1) is 25.4 Å². The second-order valence-electron chi connectivity index (χ2n) is 6.31. The van der Waals surface area contributed by atoms with Crippen molar-refractivity contribution in [3.05, 3.63) is 23.8 Å². The smallest absolute Gasteiger partial charge is 0.142 e. The van der Waals surface area contributed by atoms with Crippen molar-refractivity contribution in [2.75, 3.05) is 57.8 Å². The van der Waals surface area contributed by atoms with Crippen LogP contribution in [0.3, 0.4) is 0 Å². The fourth-order valence-corrected chi connectivity index (χ4v) is 3.07. The Morgan fingerprint density at radius 1 is 1.26 bits per heavy atom. The normalized spacial score (nSPS) is 21.3. The van der Waals surface area contributed by atoms with E-state index in [1.54, 1.807) is 0 Å². The molecule has 1 unspecified atom stereocenters. The molecular formula is C18H29N3O2. The standard InChI is InChI=1S/C18H29N3O2/c1-2-16-14-20-17-13-15(3-4-18(17)23-16)5-6-19-7-8-21-9-11-22-12-10-21/h3-4,13,16,19-20H,2,5-12,14H2,1H3. The van der Waals surface area contributed by atoms with E-state index in [9.17, 15) is 0 Å². The molecule has 2 N–H and O–H groups in total. The van der Waals surface area contributed by atoms with E-state index in [-0.39, 0.29) is 0 Å². The zero-order valence-electron chi connectivity index (χ0n) is 14.1. The Bertz CT molecular complexity index is 489. The highest BCUT2D eigenvalue weighted by Crippen LogP contribution is 2.30. The van der Waals surface area contributed by atoms with Gasteiger partial charge in [-0.2, -0.15) is 0 Å². The minimum absolute atomic E-state index is 0.301. The van der Waals surface area contributed by atoms with Gasteiger partial charge in [0.1, 0.15) is 11.9 Å². The quantitative estimate of drug-likeness (QED) is 0.750. The summed E-state index contributed by atoms with van der Waals surface area (Å²) in [6, 6.07) is 6.51. The van der Waals surface area contributed by atoms with E-state index >= 15 is 0 Å². The third-order valence-electron chi connectivity index (χ3n) is 4.61. The van der Waals surface area contributed by atoms with Gasteiger partial charge in [-0.15, -0.1) is 0 Å². The third-order valence-corrected chi connectivity index (χ3v) is 4.61. The highest BCUT2D eigenvalue weighted by atomic mass is 16.5. The van der Waals surface area contributed by atoms with Crippen LogP contribution >= 0.6 is 0 Å². The van der Waals surface area contributed by atoms with E-state index in [0.717, 1.165) is 76.8 Å². The summed E-state index contributed by atoms with van der Waals surface area (Å²) in [5.41, 5.74) is 2.49. The average Bonchev–Trinajstić information content (AvgIpc) is 2.62. The minimum atomic E-state index is 0.301. The first kappa shape index (κ1) is 16.6. The van der Waals surface area contributed by atoms with Crippen molar-refractivity contribution < 1.29 is 9.47 Å². The fraction of sp³-hybridized carbons (Fsp3) is 0.667. The van der Waals surface area contributed by atoms with Crippen LogP contribution in [0, 0.1) is 0 Å². The van der Waals surface area contributed by atoms with Crippen molar-refractivity contribution >= 4 is 5.69 Å². The second-order valence-corrected chi connectivity index (χ2v) is 6.31. The number of hydrogen-bond donors (Lipinski definition) is 2. The van der Waals surface area contributed by atoms with Gasteiger partial charge in [0.15, 0.2) is 0 Å². The third kappa shape index (κ3) is 4.83. The van der Waals surface area contributed by atoms with Crippen molar-refractivity contribution in [3.63, 3.8) is 0 Å². The van der Waals surface area contributed by atoms with E-state index in [1.165, 1.54) is 5.56 Å². The number of morpholine rings is 1. The molecule has 1 saturated heterocycles. The van der Waals surface area contributed by atoms with Crippen LogP contribution in [-0.4, -0.2) is 63.5 Å². The Labute approximate surface area is 139 Å². The lowest BCUT2D eigenvalue weighted by Gasteiger charge is -2.27. The van der Waals surface area contributed by atoms with Crippen molar-refractivity contribution in [3.8, 4) is 5.75 Å². The Kier molecular flexibility index (Phi) is 6.13. The maximum atomic E-state index is 5.95. The average molecular weight is 319 g/mol. The first-order valence-corrected chi connectivity index (χ1v) is 8.89. The number of fused-ring (bicyclic) bond motifs is 1. The van der Waals surface area contributed by atoms with Crippen LogP contribution in [0.1, 0.15) is 18.9 Å². The molecule has 1 fully saturated rings. The highest BCUT2D eigenvalue weighted by Gasteiger charge is 2.17. The summed E-state index contributed by atoms with van der Waals surface area (Å²) in [4.78, 5) is 2.46. The van der Waals surface area contributed by atoms with Gasteiger partial charge in [-0.25, -0.2) is 0 Å². The number of benzene rings is 1. The van der Waals surface area contributed by atoms with Gasteiger partial charge < -0.3 is 20.1 Å². The molecule has 23 heavy (non-hydrogen) atoms. The molecule has 1 atom stereocenters. The summed E-state index contributed by atoms with van der Waals surface area (Å²) in [5, 5.41) is 7.03. The van der Waals surface area contributed by atoms with Gasteiger partial charge in [0.2, 0.25) is 0 Å². The molecule has 0 radical (unpaired) electrons. The first-order chi connectivity index (χ1) is 11.3. The molecule has 3 rings (SSSR count). The van der Waals surface area contributed by atoms with Crippen LogP contribution in [0.25, 0.3) is 0 Å². The predicted molar refractivity (Wildman–Crippen MR) is 93.5 cm³/mol. The van der Waals surface area contributed by atoms with Gasteiger partial charge in [0, 0.05) is 26.2 Å². The maximum absolute atomic E-state index is 5.95. The van der Waals surface area contributed by atoms with Crippen LogP contribution in [0.2, 0.25) is 0 Å². The topological polar surface area (TPSA) is 45.8 Å². The van der Waals surface area contributed by atoms with Crippen molar-refractivity contribution in [1.29, 1.82) is 0 Å². The van der Waals surface area contributed by atoms with Crippen LogP contribution in [0.4, 0.5) is 5.69 Å². The van der Waals surface area contributed by atoms with Crippen LogP contribution < -0.4 is 15.4 Å². The Balaban J connectivity index is 1.37. The zero-order chi connectivity index (χ0) is 15.9. The molecule has 2 aliphatic rings. The Hall–Kier alpha value is -1.30. The SMILES string of the molecule is CCC1CNc2cc(CCNCCN3CCOCC3)ccc2O1. The predicted octanol–water partition coefficient (Wildman–Crippen LogP) is 1.73. The lowest BCUT2D eigenvalue weighted by Crippen LogP contribution is -2.40. The number of rotatable bonds is 7. The molecule has 1 aromatic rings. The monoisotopic (exact) mass is 319 g/mol. The van der Waals surface area contributed by atoms with Gasteiger partial charge >= 0.3 is 0 Å². The van der Waals surface area contributed by atoms with Crippen LogP contribution in [0.15, 0.2) is 18.2 Å². The molecule has 5 nitrogen and oxygen atoms in total. The van der Waals surface area contributed by atoms with Crippen molar-refractivity contribution in [2.45, 2.75) is 25.9 Å². The number of hydrogen-bond acceptors (Lipinski definition) is 5. The molecule has 0 saturated carbocycles. The molecule has 0 amide bonds. The number of ether oxygens (including phenoxy) is 2. The number of nitrogens with zero attached hydrogens (tertiary/aromatic N) is 1. The Morgan fingerprint density at radius 3 is 2.96 bits per heavy atom. The second kappa shape index (κ2) is 8.52. The van der Waals surface area contributed by atoms with Crippen molar-refractivity contribution in [1.82, 2.24) is 10.2 Å². The van der Waals surface area contributed by atoms with Gasteiger partial charge in [-0.1, -0.05) is 13.0 Å². The summed E-state index contributed by atoms with van der Waals surface area (Å²) in [6.45, 7) is 10.1. The molecule has 0 aromatic heterocycles. The zero-order valence-corrected chi connectivity index (χ0v) is 14.1. The minimum Gasteiger partial charge on any atom is -0.486 e. The van der Waals surface area contributed by atoms with E-state index in [4.69, 9.17) is 9.47 Å². The van der Waals surface area contributed by atoms with E-state index in [0.29, 0.717) is 6.10 Å². The molecule has 0 bridgehead atoms. The molecular weight excluding hydrogens is 290 g/mol. The highest BCUT2D eigenvalue weighted by molar-refractivity contribution is 5.59. The van der Waals surface area contributed by atoms with Gasteiger partial charge in [-0.3, -0.25) is 4.90 Å². The summed E-state index contributed by atoms with van der Waals surface area (Å²) < 4.78 is 11.3. The Morgan fingerprint density at radius 2 is 2.13 bits per heavy atom. The summed E-state index contributed by atoms with van der Waals surface area (Å²) >= 11 is 0. The molecule has 0 aliphatic carbocycles. The lowest BCUT2D eigenvalue weighted by molar-refractivity contribution is 0.0385. The molecule has 128 valence electrons. The first-order valence-electron chi connectivity index (χ1n) is 8.89. The van der Waals surface area contributed by atoms with E-state index < -0.39 is 0 Å². The van der Waals surface area contributed by atoms with Crippen molar-refractivity contribution in [2.24, 2.45) is 0 Å². The van der Waals surface area contributed by atoms with E-state index in [1.807, 2.05) is 0 Å². The fourth-order valence-electron chi connectivity index (χ4n) is 3.07. The molecule has 1 aromatic carbocycles.